The van der Waals surface area contributed by atoms with Gasteiger partial charge in [-0.25, -0.2) is 4.79 Å². The zero-order chi connectivity index (χ0) is 25.1. The number of hydrogen-bond acceptors (Lipinski definition) is 5. The number of nitrogens with zero attached hydrogens (tertiary/aromatic N) is 2. The largest absolute Gasteiger partial charge is 0.481 e. The molecule has 3 aromatic rings. The Bertz CT molecular complexity index is 1220. The molecule has 1 aromatic heterocycles. The second-order valence-corrected chi connectivity index (χ2v) is 8.94. The second kappa shape index (κ2) is 10.0. The third-order valence-electron chi connectivity index (χ3n) is 6.14. The first-order valence-corrected chi connectivity index (χ1v) is 11.4. The number of nitrogens with one attached hydrogen (secondary N) is 2. The minimum atomic E-state index is -1.01. The Morgan fingerprint density at radius 1 is 1.06 bits per heavy atom. The average Bonchev–Trinajstić information content (AvgIpc) is 3.34. The molecule has 0 bridgehead atoms. The highest BCUT2D eigenvalue weighted by molar-refractivity contribution is 6.01. The summed E-state index contributed by atoms with van der Waals surface area (Å²) >= 11 is 0. The standard InChI is InChI=1S/C26H28N4O5/c1-15(2)21(12-23(31)32)27-25(33)24-22(13-30(3)29-24)28-26(34)35-14-20-18-10-6-4-8-16(18)17-9-5-7-11-19(17)20/h4-11,13,15,20-21H,12,14H2,1-3H3,(H,27,33)(H,28,34)(H,31,32)/t21-/m0/s1. The molecule has 2 aromatic carbocycles. The molecule has 0 fully saturated rings. The van der Waals surface area contributed by atoms with Crippen LogP contribution in [0.15, 0.2) is 54.7 Å². The highest BCUT2D eigenvalue weighted by Crippen LogP contribution is 2.44. The van der Waals surface area contributed by atoms with Crippen molar-refractivity contribution in [3.63, 3.8) is 0 Å². The molecular weight excluding hydrogens is 448 g/mol. The summed E-state index contributed by atoms with van der Waals surface area (Å²) in [5.41, 5.74) is 4.62. The first kappa shape index (κ1) is 24.0. The lowest BCUT2D eigenvalue weighted by Gasteiger charge is -2.20. The lowest BCUT2D eigenvalue weighted by atomic mass is 9.98. The van der Waals surface area contributed by atoms with Gasteiger partial charge in [0.2, 0.25) is 0 Å². The molecule has 1 aliphatic carbocycles. The van der Waals surface area contributed by atoms with E-state index in [0.29, 0.717) is 0 Å². The number of carbonyl (C=O) groups is 3. The van der Waals surface area contributed by atoms with Crippen LogP contribution in [0.3, 0.4) is 0 Å². The number of aryl methyl sites for hydroxylation is 1. The zero-order valence-corrected chi connectivity index (χ0v) is 19.8. The van der Waals surface area contributed by atoms with Crippen molar-refractivity contribution < 1.29 is 24.2 Å². The highest BCUT2D eigenvalue weighted by Gasteiger charge is 2.29. The van der Waals surface area contributed by atoms with E-state index < -0.39 is 24.0 Å². The molecule has 4 rings (SSSR count). The van der Waals surface area contributed by atoms with Gasteiger partial charge in [0, 0.05) is 25.2 Å². The number of anilines is 1. The van der Waals surface area contributed by atoms with E-state index in [4.69, 9.17) is 9.84 Å². The maximum atomic E-state index is 12.8. The number of benzene rings is 2. The molecule has 0 spiro atoms. The second-order valence-electron chi connectivity index (χ2n) is 8.94. The molecule has 0 unspecified atom stereocenters. The van der Waals surface area contributed by atoms with Crippen molar-refractivity contribution in [1.29, 1.82) is 0 Å². The molecule has 2 amide bonds. The van der Waals surface area contributed by atoms with E-state index in [2.05, 4.69) is 27.9 Å². The van der Waals surface area contributed by atoms with Crippen LogP contribution in [0.1, 0.15) is 47.8 Å². The summed E-state index contributed by atoms with van der Waals surface area (Å²) in [7, 11) is 1.62. The summed E-state index contributed by atoms with van der Waals surface area (Å²) in [6.45, 7) is 3.78. The molecule has 35 heavy (non-hydrogen) atoms. The molecule has 3 N–H and O–H groups in total. The van der Waals surface area contributed by atoms with Gasteiger partial charge in [-0.1, -0.05) is 62.4 Å². The monoisotopic (exact) mass is 476 g/mol. The van der Waals surface area contributed by atoms with Crippen LogP contribution in [0.2, 0.25) is 0 Å². The topological polar surface area (TPSA) is 123 Å². The van der Waals surface area contributed by atoms with Gasteiger partial charge in [-0.15, -0.1) is 0 Å². The summed E-state index contributed by atoms with van der Waals surface area (Å²) in [5.74, 6) is -1.77. The Labute approximate surface area is 203 Å². The highest BCUT2D eigenvalue weighted by atomic mass is 16.5. The molecule has 1 heterocycles. The predicted octanol–water partition coefficient (Wildman–Crippen LogP) is 4.01. The molecule has 0 saturated carbocycles. The smallest absolute Gasteiger partial charge is 0.411 e. The first-order chi connectivity index (χ1) is 16.7. The van der Waals surface area contributed by atoms with E-state index in [1.54, 1.807) is 7.05 Å². The fourth-order valence-electron chi connectivity index (χ4n) is 4.37. The Kier molecular flexibility index (Phi) is 6.86. The Morgan fingerprint density at radius 2 is 1.66 bits per heavy atom. The molecule has 1 atom stereocenters. The number of carboxylic acid groups (broad SMARTS) is 1. The van der Waals surface area contributed by atoms with Crippen molar-refractivity contribution >= 4 is 23.7 Å². The summed E-state index contributed by atoms with van der Waals surface area (Å²) in [5, 5.41) is 18.6. The van der Waals surface area contributed by atoms with Crippen LogP contribution in [0.5, 0.6) is 0 Å². The molecule has 9 nitrogen and oxygen atoms in total. The predicted molar refractivity (Wildman–Crippen MR) is 130 cm³/mol. The van der Waals surface area contributed by atoms with Gasteiger partial charge in [0.05, 0.1) is 12.1 Å². The van der Waals surface area contributed by atoms with Gasteiger partial charge in [-0.2, -0.15) is 5.10 Å². The van der Waals surface area contributed by atoms with E-state index in [1.807, 2.05) is 50.2 Å². The SMILES string of the molecule is CC(C)[C@H](CC(=O)O)NC(=O)c1nn(C)cc1NC(=O)OCC1c2ccccc2-c2ccccc21. The summed E-state index contributed by atoms with van der Waals surface area (Å²) < 4.78 is 6.96. The average molecular weight is 477 g/mol. The van der Waals surface area contributed by atoms with Crippen LogP contribution in [0.4, 0.5) is 10.5 Å². The summed E-state index contributed by atoms with van der Waals surface area (Å²) in [6.07, 6.45) is 0.573. The Hall–Kier alpha value is -4.14. The van der Waals surface area contributed by atoms with Crippen LogP contribution in [0, 0.1) is 5.92 Å². The number of aliphatic carboxylic acids is 1. The number of rotatable bonds is 8. The fraction of sp³-hybridized carbons (Fsp3) is 0.308. The van der Waals surface area contributed by atoms with Gasteiger partial charge >= 0.3 is 12.1 Å². The van der Waals surface area contributed by atoms with Gasteiger partial charge in [0.15, 0.2) is 5.69 Å². The molecule has 182 valence electrons. The Balaban J connectivity index is 1.44. The van der Waals surface area contributed by atoms with Crippen molar-refractivity contribution in [1.82, 2.24) is 15.1 Å². The molecule has 0 radical (unpaired) electrons. The number of aromatic nitrogens is 2. The lowest BCUT2D eigenvalue weighted by molar-refractivity contribution is -0.137. The van der Waals surface area contributed by atoms with Gasteiger partial charge < -0.3 is 15.2 Å². The van der Waals surface area contributed by atoms with Crippen molar-refractivity contribution in [3.05, 3.63) is 71.5 Å². The number of hydrogen-bond donors (Lipinski definition) is 3. The molecule has 1 aliphatic rings. The van der Waals surface area contributed by atoms with Crippen LogP contribution < -0.4 is 10.6 Å². The Morgan fingerprint density at radius 3 is 2.23 bits per heavy atom. The number of ether oxygens (including phenoxy) is 1. The zero-order valence-electron chi connectivity index (χ0n) is 19.8. The minimum Gasteiger partial charge on any atom is -0.481 e. The number of carbonyl (C=O) groups excluding carboxylic acids is 2. The fourth-order valence-corrected chi connectivity index (χ4v) is 4.37. The lowest BCUT2D eigenvalue weighted by Crippen LogP contribution is -2.40. The molecule has 0 aliphatic heterocycles. The quantitative estimate of drug-likeness (QED) is 0.452. The van der Waals surface area contributed by atoms with Crippen LogP contribution in [-0.2, 0) is 16.6 Å². The van der Waals surface area contributed by atoms with Crippen LogP contribution in [0.25, 0.3) is 11.1 Å². The van der Waals surface area contributed by atoms with Gasteiger partial charge in [-0.05, 0) is 28.2 Å². The maximum Gasteiger partial charge on any atom is 0.411 e. The van der Waals surface area contributed by atoms with E-state index in [9.17, 15) is 14.4 Å². The van der Waals surface area contributed by atoms with Crippen LogP contribution in [-0.4, -0.2) is 45.5 Å². The van der Waals surface area contributed by atoms with E-state index in [0.717, 1.165) is 22.3 Å². The van der Waals surface area contributed by atoms with Gasteiger partial charge in [0.1, 0.15) is 6.61 Å². The number of carboxylic acids is 1. The van der Waals surface area contributed by atoms with E-state index in [1.165, 1.54) is 10.9 Å². The van der Waals surface area contributed by atoms with Crippen molar-refractivity contribution in [3.8, 4) is 11.1 Å². The van der Waals surface area contributed by atoms with Crippen molar-refractivity contribution in [2.75, 3.05) is 11.9 Å². The normalized spacial score (nSPS) is 13.1. The third-order valence-corrected chi connectivity index (χ3v) is 6.14. The van der Waals surface area contributed by atoms with E-state index in [-0.39, 0.29) is 36.2 Å². The van der Waals surface area contributed by atoms with Gasteiger partial charge in [0.25, 0.3) is 5.91 Å². The summed E-state index contributed by atoms with van der Waals surface area (Å²) in [6, 6.07) is 15.5. The van der Waals surface area contributed by atoms with Crippen molar-refractivity contribution in [2.24, 2.45) is 13.0 Å². The minimum absolute atomic E-state index is 0.0166. The molecule has 9 heteroatoms. The number of amides is 2. The number of fused-ring (bicyclic) bond motifs is 3. The first-order valence-electron chi connectivity index (χ1n) is 11.4. The van der Waals surface area contributed by atoms with E-state index >= 15 is 0 Å². The summed E-state index contributed by atoms with van der Waals surface area (Å²) in [4.78, 5) is 36.6. The molecular formula is C26H28N4O5. The molecule has 0 saturated heterocycles. The van der Waals surface area contributed by atoms with Crippen LogP contribution >= 0.6 is 0 Å². The maximum absolute atomic E-state index is 12.8. The van der Waals surface area contributed by atoms with Gasteiger partial charge in [-0.3, -0.25) is 19.6 Å². The van der Waals surface area contributed by atoms with Crippen molar-refractivity contribution in [2.45, 2.75) is 32.2 Å². The third kappa shape index (κ3) is 5.18.